The number of ether oxygens (including phenoxy) is 1. The van der Waals surface area contributed by atoms with E-state index in [9.17, 15) is 4.79 Å². The fourth-order valence-electron chi connectivity index (χ4n) is 1.53. The Hall–Kier alpha value is -0.910. The highest BCUT2D eigenvalue weighted by Crippen LogP contribution is 2.28. The van der Waals surface area contributed by atoms with Gasteiger partial charge in [0.05, 0.1) is 22.1 Å². The van der Waals surface area contributed by atoms with Crippen LogP contribution in [0.3, 0.4) is 0 Å². The van der Waals surface area contributed by atoms with Crippen molar-refractivity contribution in [3.8, 4) is 5.75 Å². The zero-order chi connectivity index (χ0) is 14.7. The first-order valence-corrected chi connectivity index (χ1v) is 8.11. The summed E-state index contributed by atoms with van der Waals surface area (Å²) in [5, 5.41) is 3.31. The normalized spacial score (nSPS) is 10.8. The Labute approximate surface area is 135 Å². The third-order valence-electron chi connectivity index (χ3n) is 2.51. The molecule has 0 aliphatic carbocycles. The van der Waals surface area contributed by atoms with Gasteiger partial charge in [0.1, 0.15) is 5.75 Å². The summed E-state index contributed by atoms with van der Waals surface area (Å²) >= 11 is 10.9. The van der Waals surface area contributed by atoms with E-state index < -0.39 is 0 Å². The molecule has 0 saturated carbocycles. The van der Waals surface area contributed by atoms with E-state index in [2.05, 4.69) is 34.8 Å². The second-order valence-corrected chi connectivity index (χ2v) is 6.77. The molecule has 0 saturated heterocycles. The molecule has 1 heterocycles. The van der Waals surface area contributed by atoms with Crippen LogP contribution in [0, 0.1) is 0 Å². The Bertz CT molecular complexity index is 627. The van der Waals surface area contributed by atoms with E-state index in [4.69, 9.17) is 16.3 Å². The van der Waals surface area contributed by atoms with Gasteiger partial charge >= 0.3 is 5.97 Å². The molecule has 0 aliphatic rings. The van der Waals surface area contributed by atoms with Crippen LogP contribution in [0.1, 0.15) is 30.5 Å². The molecule has 1 aromatic heterocycles. The van der Waals surface area contributed by atoms with E-state index in [0.29, 0.717) is 16.7 Å². The summed E-state index contributed by atoms with van der Waals surface area (Å²) in [7, 11) is 0. The van der Waals surface area contributed by atoms with Gasteiger partial charge in [0.25, 0.3) is 0 Å². The minimum absolute atomic E-state index is 0.148. The van der Waals surface area contributed by atoms with Crippen molar-refractivity contribution in [2.24, 2.45) is 0 Å². The number of carbonyl (C=O) groups excluding carboxylic acids is 1. The molecule has 0 fully saturated rings. The topological polar surface area (TPSA) is 39.2 Å². The van der Waals surface area contributed by atoms with E-state index in [0.717, 1.165) is 15.2 Å². The van der Waals surface area contributed by atoms with Crippen molar-refractivity contribution in [1.29, 1.82) is 0 Å². The van der Waals surface area contributed by atoms with E-state index in [1.165, 1.54) is 0 Å². The largest absolute Gasteiger partial charge is 0.425 e. The number of thiazole rings is 1. The van der Waals surface area contributed by atoms with Gasteiger partial charge in [-0.05, 0) is 18.2 Å². The van der Waals surface area contributed by atoms with E-state index >= 15 is 0 Å². The summed E-state index contributed by atoms with van der Waals surface area (Å²) in [4.78, 5) is 16.3. The Morgan fingerprint density at radius 1 is 1.50 bits per heavy atom. The van der Waals surface area contributed by atoms with Crippen LogP contribution in [0.15, 0.2) is 28.1 Å². The van der Waals surface area contributed by atoms with E-state index in [1.54, 1.807) is 29.5 Å². The SMILES string of the molecule is CC(C)c1nc(CC(=O)Oc2ccc(Br)cc2Cl)cs1. The number of benzene rings is 1. The maximum Gasteiger partial charge on any atom is 0.317 e. The minimum Gasteiger partial charge on any atom is -0.425 e. The van der Waals surface area contributed by atoms with Crippen molar-refractivity contribution in [3.63, 3.8) is 0 Å². The number of esters is 1. The highest BCUT2D eigenvalue weighted by molar-refractivity contribution is 9.10. The Kier molecular flexibility index (Phi) is 5.18. The van der Waals surface area contributed by atoms with Gasteiger partial charge in [0, 0.05) is 15.8 Å². The Morgan fingerprint density at radius 3 is 2.85 bits per heavy atom. The predicted molar refractivity (Wildman–Crippen MR) is 84.7 cm³/mol. The molecule has 6 heteroatoms. The number of rotatable bonds is 4. The first kappa shape index (κ1) is 15.5. The molecule has 2 aromatic rings. The molecule has 106 valence electrons. The van der Waals surface area contributed by atoms with Crippen molar-refractivity contribution in [3.05, 3.63) is 43.8 Å². The van der Waals surface area contributed by atoms with Crippen LogP contribution < -0.4 is 4.74 Å². The van der Waals surface area contributed by atoms with Crippen molar-refractivity contribution < 1.29 is 9.53 Å². The molecule has 0 radical (unpaired) electrons. The van der Waals surface area contributed by atoms with Gasteiger partial charge in [-0.1, -0.05) is 41.4 Å². The van der Waals surface area contributed by atoms with Crippen molar-refractivity contribution in [1.82, 2.24) is 4.98 Å². The monoisotopic (exact) mass is 373 g/mol. The lowest BCUT2D eigenvalue weighted by Crippen LogP contribution is -2.11. The molecule has 2 rings (SSSR count). The molecule has 0 spiro atoms. The predicted octanol–water partition coefficient (Wildman–Crippen LogP) is 4.83. The van der Waals surface area contributed by atoms with E-state index in [1.807, 2.05) is 5.38 Å². The summed E-state index contributed by atoms with van der Waals surface area (Å²) in [6.07, 6.45) is 0.148. The smallest absolute Gasteiger partial charge is 0.317 e. The summed E-state index contributed by atoms with van der Waals surface area (Å²) < 4.78 is 6.08. The number of hydrogen-bond acceptors (Lipinski definition) is 4. The van der Waals surface area contributed by atoms with Crippen LogP contribution in [0.25, 0.3) is 0 Å². The van der Waals surface area contributed by atoms with Crippen LogP contribution in [0.5, 0.6) is 5.75 Å². The molecular weight excluding hydrogens is 362 g/mol. The third kappa shape index (κ3) is 4.04. The van der Waals surface area contributed by atoms with Gasteiger partial charge in [-0.25, -0.2) is 4.98 Å². The molecule has 0 unspecified atom stereocenters. The first-order valence-electron chi connectivity index (χ1n) is 6.05. The van der Waals surface area contributed by atoms with Gasteiger partial charge in [0.2, 0.25) is 0 Å². The van der Waals surface area contributed by atoms with Crippen LogP contribution in [-0.4, -0.2) is 11.0 Å². The number of aromatic nitrogens is 1. The van der Waals surface area contributed by atoms with Gasteiger partial charge in [0.15, 0.2) is 0 Å². The van der Waals surface area contributed by atoms with Gasteiger partial charge in [-0.2, -0.15) is 0 Å². The first-order chi connectivity index (χ1) is 9.45. The van der Waals surface area contributed by atoms with Crippen molar-refractivity contribution >= 4 is 44.8 Å². The van der Waals surface area contributed by atoms with Crippen LogP contribution in [0.4, 0.5) is 0 Å². The standard InChI is InChI=1S/C14H13BrClNO2S/c1-8(2)14-17-10(7-20-14)6-13(18)19-12-4-3-9(15)5-11(12)16/h3-5,7-8H,6H2,1-2H3. The lowest BCUT2D eigenvalue weighted by atomic mass is 10.2. The lowest BCUT2D eigenvalue weighted by Gasteiger charge is -2.05. The Balaban J connectivity index is 2.01. The fraction of sp³-hybridized carbons (Fsp3) is 0.286. The Morgan fingerprint density at radius 2 is 2.25 bits per heavy atom. The molecule has 0 atom stereocenters. The van der Waals surface area contributed by atoms with Crippen molar-refractivity contribution in [2.45, 2.75) is 26.2 Å². The highest BCUT2D eigenvalue weighted by atomic mass is 79.9. The zero-order valence-electron chi connectivity index (χ0n) is 11.0. The molecule has 3 nitrogen and oxygen atoms in total. The maximum atomic E-state index is 11.9. The number of nitrogens with zero attached hydrogens (tertiary/aromatic N) is 1. The summed E-state index contributed by atoms with van der Waals surface area (Å²) in [5.74, 6) is 0.361. The highest BCUT2D eigenvalue weighted by Gasteiger charge is 2.13. The second-order valence-electron chi connectivity index (χ2n) is 4.56. The molecule has 1 aromatic carbocycles. The van der Waals surface area contributed by atoms with Crippen LogP contribution in [-0.2, 0) is 11.2 Å². The number of hydrogen-bond donors (Lipinski definition) is 0. The average molecular weight is 375 g/mol. The van der Waals surface area contributed by atoms with Gasteiger partial charge in [-0.3, -0.25) is 4.79 Å². The number of carbonyl (C=O) groups is 1. The van der Waals surface area contributed by atoms with Crippen molar-refractivity contribution in [2.75, 3.05) is 0 Å². The molecule has 0 amide bonds. The zero-order valence-corrected chi connectivity index (χ0v) is 14.2. The molecule has 0 aliphatic heterocycles. The van der Waals surface area contributed by atoms with E-state index in [-0.39, 0.29) is 12.4 Å². The minimum atomic E-state index is -0.366. The molecule has 0 N–H and O–H groups in total. The van der Waals surface area contributed by atoms with Gasteiger partial charge < -0.3 is 4.74 Å². The fourth-order valence-corrected chi connectivity index (χ4v) is 3.08. The van der Waals surface area contributed by atoms with Gasteiger partial charge in [-0.15, -0.1) is 11.3 Å². The third-order valence-corrected chi connectivity index (χ3v) is 4.49. The second kappa shape index (κ2) is 6.70. The maximum absolute atomic E-state index is 11.9. The number of halogens is 2. The molecule has 0 bridgehead atoms. The average Bonchev–Trinajstić information content (AvgIpc) is 2.81. The quantitative estimate of drug-likeness (QED) is 0.568. The molecular formula is C14H13BrClNO2S. The van der Waals surface area contributed by atoms with Crippen LogP contribution in [0.2, 0.25) is 5.02 Å². The molecule has 20 heavy (non-hydrogen) atoms. The van der Waals surface area contributed by atoms with Crippen LogP contribution >= 0.6 is 38.9 Å². The summed E-state index contributed by atoms with van der Waals surface area (Å²) in [6.45, 7) is 4.14. The summed E-state index contributed by atoms with van der Waals surface area (Å²) in [5.41, 5.74) is 0.733. The summed E-state index contributed by atoms with van der Waals surface area (Å²) in [6, 6.07) is 5.11. The lowest BCUT2D eigenvalue weighted by molar-refractivity contribution is -0.133.